The van der Waals surface area contributed by atoms with E-state index in [0.717, 1.165) is 48.1 Å². The van der Waals surface area contributed by atoms with E-state index < -0.39 is 0 Å². The fourth-order valence-corrected chi connectivity index (χ4v) is 3.99. The summed E-state index contributed by atoms with van der Waals surface area (Å²) in [4.78, 5) is 19.2. The van der Waals surface area contributed by atoms with Crippen molar-refractivity contribution in [1.82, 2.24) is 19.8 Å². The summed E-state index contributed by atoms with van der Waals surface area (Å²) in [5.41, 5.74) is 2.84. The Kier molecular flexibility index (Phi) is 4.31. The molecule has 0 spiro atoms. The molecule has 2 aromatic heterocycles. The lowest BCUT2D eigenvalue weighted by atomic mass is 10.1. The molecule has 1 aliphatic heterocycles. The highest BCUT2D eigenvalue weighted by Crippen LogP contribution is 2.25. The predicted octanol–water partition coefficient (Wildman–Crippen LogP) is 2.23. The number of amides is 1. The largest absolute Gasteiger partial charge is 0.338 e. The van der Waals surface area contributed by atoms with Gasteiger partial charge >= 0.3 is 0 Å². The minimum atomic E-state index is 0.148. The van der Waals surface area contributed by atoms with E-state index in [1.807, 2.05) is 37.2 Å². The molecule has 6 heteroatoms. The number of carbonyl (C=O) groups is 1. The molecule has 0 aromatic carbocycles. The molecule has 22 heavy (non-hydrogen) atoms. The Labute approximate surface area is 135 Å². The zero-order chi connectivity index (χ0) is 15.7. The molecule has 0 aliphatic carbocycles. The van der Waals surface area contributed by atoms with Crippen LogP contribution in [0.25, 0.3) is 5.13 Å². The van der Waals surface area contributed by atoms with Crippen molar-refractivity contribution >= 4 is 17.2 Å². The number of aryl methyl sites for hydroxylation is 1. The minimum absolute atomic E-state index is 0.148. The summed E-state index contributed by atoms with van der Waals surface area (Å²) in [5, 5.41) is 6.08. The topological polar surface area (TPSA) is 50.2 Å². The Morgan fingerprint density at radius 2 is 2.32 bits per heavy atom. The molecule has 1 aliphatic rings. The second kappa shape index (κ2) is 6.22. The van der Waals surface area contributed by atoms with Gasteiger partial charge in [-0.3, -0.25) is 9.36 Å². The van der Waals surface area contributed by atoms with Gasteiger partial charge in [-0.2, -0.15) is 0 Å². The molecule has 1 saturated heterocycles. The number of carbonyl (C=O) groups excluding carboxylic acids is 1. The molecule has 0 radical (unpaired) electrons. The molecule has 3 heterocycles. The third kappa shape index (κ3) is 2.68. The quantitative estimate of drug-likeness (QED) is 0.940. The number of nitrogens with one attached hydrogen (secondary N) is 1. The van der Waals surface area contributed by atoms with Crippen LogP contribution in [-0.2, 0) is 0 Å². The minimum Gasteiger partial charge on any atom is -0.338 e. The van der Waals surface area contributed by atoms with E-state index >= 15 is 0 Å². The van der Waals surface area contributed by atoms with Crippen molar-refractivity contribution in [2.75, 3.05) is 26.7 Å². The normalized spacial score (nSPS) is 18.1. The summed E-state index contributed by atoms with van der Waals surface area (Å²) in [6.45, 7) is 6.70. The van der Waals surface area contributed by atoms with Crippen molar-refractivity contribution in [3.63, 3.8) is 0 Å². The van der Waals surface area contributed by atoms with Gasteiger partial charge in [0.15, 0.2) is 5.13 Å². The van der Waals surface area contributed by atoms with Crippen LogP contribution in [0.1, 0.15) is 28.2 Å². The Morgan fingerprint density at radius 1 is 1.50 bits per heavy atom. The van der Waals surface area contributed by atoms with Crippen LogP contribution in [0.4, 0.5) is 0 Å². The molecule has 1 atom stereocenters. The number of likely N-dealkylation sites (tertiary alicyclic amines) is 1. The summed E-state index contributed by atoms with van der Waals surface area (Å²) >= 11 is 1.59. The molecular formula is C16H22N4OS. The van der Waals surface area contributed by atoms with Crippen molar-refractivity contribution in [2.24, 2.45) is 5.92 Å². The molecule has 2 aromatic rings. The Balaban J connectivity index is 1.84. The Morgan fingerprint density at radius 3 is 3.00 bits per heavy atom. The summed E-state index contributed by atoms with van der Waals surface area (Å²) < 4.78 is 2.07. The fourth-order valence-electron chi connectivity index (χ4n) is 3.24. The van der Waals surface area contributed by atoms with Gasteiger partial charge in [-0.15, -0.1) is 11.3 Å². The van der Waals surface area contributed by atoms with Crippen LogP contribution in [0, 0.1) is 19.8 Å². The van der Waals surface area contributed by atoms with Crippen molar-refractivity contribution in [1.29, 1.82) is 0 Å². The van der Waals surface area contributed by atoms with Gasteiger partial charge in [-0.25, -0.2) is 4.98 Å². The molecule has 1 N–H and O–H groups in total. The second-order valence-corrected chi connectivity index (χ2v) is 6.77. The predicted molar refractivity (Wildman–Crippen MR) is 88.9 cm³/mol. The summed E-state index contributed by atoms with van der Waals surface area (Å²) in [6, 6.07) is 1.99. The first-order valence-corrected chi connectivity index (χ1v) is 8.52. The van der Waals surface area contributed by atoms with E-state index in [4.69, 9.17) is 0 Å². The fraction of sp³-hybridized carbons (Fsp3) is 0.500. The van der Waals surface area contributed by atoms with E-state index in [1.165, 1.54) is 0 Å². The maximum absolute atomic E-state index is 12.8. The Hall–Kier alpha value is -1.66. The van der Waals surface area contributed by atoms with E-state index in [1.54, 1.807) is 17.5 Å². The zero-order valence-corrected chi connectivity index (χ0v) is 14.1. The first kappa shape index (κ1) is 15.2. The van der Waals surface area contributed by atoms with E-state index in [0.29, 0.717) is 5.92 Å². The van der Waals surface area contributed by atoms with Gasteiger partial charge in [0.1, 0.15) is 0 Å². The molecule has 3 rings (SSSR count). The summed E-state index contributed by atoms with van der Waals surface area (Å²) in [6.07, 6.45) is 2.88. The molecule has 1 amide bonds. The number of thiazole rings is 1. The maximum atomic E-state index is 12.8. The first-order valence-electron chi connectivity index (χ1n) is 7.64. The lowest BCUT2D eigenvalue weighted by Gasteiger charge is -2.16. The van der Waals surface area contributed by atoms with Crippen LogP contribution < -0.4 is 5.32 Å². The number of nitrogens with zero attached hydrogens (tertiary/aromatic N) is 3. The number of rotatable bonds is 4. The van der Waals surface area contributed by atoms with Crippen LogP contribution in [0.2, 0.25) is 0 Å². The van der Waals surface area contributed by atoms with E-state index in [2.05, 4.69) is 14.9 Å². The Bertz CT molecular complexity index is 662. The van der Waals surface area contributed by atoms with Gasteiger partial charge in [0.2, 0.25) is 0 Å². The monoisotopic (exact) mass is 318 g/mol. The third-order valence-electron chi connectivity index (χ3n) is 4.34. The van der Waals surface area contributed by atoms with Crippen LogP contribution in [-0.4, -0.2) is 47.0 Å². The number of aromatic nitrogens is 2. The van der Waals surface area contributed by atoms with E-state index in [-0.39, 0.29) is 5.91 Å². The lowest BCUT2D eigenvalue weighted by molar-refractivity contribution is 0.0786. The molecular weight excluding hydrogens is 296 g/mol. The van der Waals surface area contributed by atoms with Crippen LogP contribution >= 0.6 is 11.3 Å². The van der Waals surface area contributed by atoms with Crippen LogP contribution in [0.15, 0.2) is 17.6 Å². The van der Waals surface area contributed by atoms with E-state index in [9.17, 15) is 4.79 Å². The highest BCUT2D eigenvalue weighted by molar-refractivity contribution is 7.12. The standard InChI is InChI=1S/C16H22N4OS/c1-11-8-14(12(2)20(11)16-18-5-7-22-16)15(21)19-6-4-13(10-19)9-17-3/h5,7-8,13,17H,4,6,9-10H2,1-3H3. The smallest absolute Gasteiger partial charge is 0.255 e. The molecule has 0 saturated carbocycles. The highest BCUT2D eigenvalue weighted by atomic mass is 32.1. The van der Waals surface area contributed by atoms with Gasteiger partial charge in [0, 0.05) is 36.1 Å². The lowest BCUT2D eigenvalue weighted by Crippen LogP contribution is -2.30. The molecule has 1 unspecified atom stereocenters. The van der Waals surface area contributed by atoms with Crippen molar-refractivity contribution in [2.45, 2.75) is 20.3 Å². The van der Waals surface area contributed by atoms with Crippen LogP contribution in [0.5, 0.6) is 0 Å². The first-order chi connectivity index (χ1) is 10.6. The van der Waals surface area contributed by atoms with Crippen molar-refractivity contribution in [3.05, 3.63) is 34.6 Å². The number of hydrogen-bond donors (Lipinski definition) is 1. The van der Waals surface area contributed by atoms with Gasteiger partial charge in [-0.05, 0) is 45.8 Å². The van der Waals surface area contributed by atoms with Crippen molar-refractivity contribution in [3.8, 4) is 5.13 Å². The second-order valence-electron chi connectivity index (χ2n) is 5.90. The van der Waals surface area contributed by atoms with Gasteiger partial charge in [0.05, 0.1) is 5.56 Å². The number of hydrogen-bond acceptors (Lipinski definition) is 4. The molecule has 0 bridgehead atoms. The zero-order valence-electron chi connectivity index (χ0n) is 13.3. The van der Waals surface area contributed by atoms with Gasteiger partial charge < -0.3 is 10.2 Å². The maximum Gasteiger partial charge on any atom is 0.255 e. The molecule has 1 fully saturated rings. The average Bonchev–Trinajstić information content (AvgIpc) is 3.20. The molecule has 118 valence electrons. The third-order valence-corrected chi connectivity index (χ3v) is 5.09. The SMILES string of the molecule is CNCC1CCN(C(=O)c2cc(C)n(-c3nccs3)c2C)C1. The van der Waals surface area contributed by atoms with Crippen LogP contribution in [0.3, 0.4) is 0 Å². The summed E-state index contributed by atoms with van der Waals surface area (Å²) in [7, 11) is 1.96. The summed E-state index contributed by atoms with van der Waals surface area (Å²) in [5.74, 6) is 0.714. The average molecular weight is 318 g/mol. The van der Waals surface area contributed by atoms with Gasteiger partial charge in [-0.1, -0.05) is 0 Å². The molecule has 5 nitrogen and oxygen atoms in total. The highest BCUT2D eigenvalue weighted by Gasteiger charge is 2.28. The van der Waals surface area contributed by atoms with Crippen molar-refractivity contribution < 1.29 is 4.79 Å². The van der Waals surface area contributed by atoms with Gasteiger partial charge in [0.25, 0.3) is 5.91 Å².